The van der Waals surface area contributed by atoms with Gasteiger partial charge < -0.3 is 9.64 Å². The van der Waals surface area contributed by atoms with Crippen LogP contribution in [0.2, 0.25) is 0 Å². The van der Waals surface area contributed by atoms with Gasteiger partial charge in [-0.1, -0.05) is 12.1 Å². The molecule has 3 rings (SSSR count). The monoisotopic (exact) mass is 411 g/mol. The average molecular weight is 411 g/mol. The van der Waals surface area contributed by atoms with Gasteiger partial charge in [0, 0.05) is 24.6 Å². The van der Waals surface area contributed by atoms with Crippen LogP contribution in [0.25, 0.3) is 0 Å². The van der Waals surface area contributed by atoms with Crippen molar-refractivity contribution in [2.24, 2.45) is 11.0 Å². The molecule has 1 aliphatic heterocycles. The van der Waals surface area contributed by atoms with E-state index in [4.69, 9.17) is 0 Å². The first-order valence-electron chi connectivity index (χ1n) is 9.54. The highest BCUT2D eigenvalue weighted by atomic mass is 19.1. The molecule has 0 spiro atoms. The number of carbonyl (C=O) groups excluding carboxylic acids is 3. The molecule has 2 aromatic rings. The molecule has 0 atom stereocenters. The smallest absolute Gasteiger partial charge is 0.337 e. The first kappa shape index (κ1) is 21.2. The lowest BCUT2D eigenvalue weighted by atomic mass is 9.95. The Morgan fingerprint density at radius 1 is 1.03 bits per heavy atom. The van der Waals surface area contributed by atoms with Gasteiger partial charge in [0.1, 0.15) is 5.82 Å². The second-order valence-electron chi connectivity index (χ2n) is 6.92. The Labute approximate surface area is 173 Å². The van der Waals surface area contributed by atoms with Crippen molar-refractivity contribution in [2.75, 3.05) is 20.2 Å². The molecule has 1 saturated heterocycles. The van der Waals surface area contributed by atoms with Crippen LogP contribution in [0.1, 0.15) is 39.1 Å². The molecular weight excluding hydrogens is 389 g/mol. The summed E-state index contributed by atoms with van der Waals surface area (Å²) in [5.41, 5.74) is 4.11. The summed E-state index contributed by atoms with van der Waals surface area (Å²) in [5, 5.41) is 3.96. The topological polar surface area (TPSA) is 88.1 Å². The number of hydrazone groups is 1. The Morgan fingerprint density at radius 2 is 1.63 bits per heavy atom. The Hall–Kier alpha value is -3.55. The molecule has 0 saturated carbocycles. The molecule has 0 aromatic heterocycles. The van der Waals surface area contributed by atoms with Crippen molar-refractivity contribution in [3.63, 3.8) is 0 Å². The molecule has 1 aliphatic rings. The van der Waals surface area contributed by atoms with Crippen LogP contribution in [0.3, 0.4) is 0 Å². The van der Waals surface area contributed by atoms with Gasteiger partial charge in [0.25, 0.3) is 5.91 Å². The van der Waals surface area contributed by atoms with Crippen molar-refractivity contribution >= 4 is 24.0 Å². The van der Waals surface area contributed by atoms with E-state index in [1.165, 1.54) is 37.6 Å². The summed E-state index contributed by atoms with van der Waals surface area (Å²) in [6.07, 6.45) is 2.55. The normalized spacial score (nSPS) is 14.5. The number of esters is 1. The minimum absolute atomic E-state index is 0.165. The van der Waals surface area contributed by atoms with Gasteiger partial charge in [0.2, 0.25) is 5.91 Å². The first-order valence-corrected chi connectivity index (χ1v) is 9.54. The number of methoxy groups -OCH3 is 1. The number of hydrogen-bond donors (Lipinski definition) is 1. The van der Waals surface area contributed by atoms with E-state index in [0.717, 1.165) is 5.56 Å². The molecule has 7 nitrogen and oxygen atoms in total. The molecule has 0 unspecified atom stereocenters. The molecule has 1 heterocycles. The predicted molar refractivity (Wildman–Crippen MR) is 109 cm³/mol. The van der Waals surface area contributed by atoms with Crippen molar-refractivity contribution in [1.29, 1.82) is 0 Å². The molecule has 0 bridgehead atoms. The number of nitrogens with zero attached hydrogens (tertiary/aromatic N) is 2. The van der Waals surface area contributed by atoms with E-state index in [1.54, 1.807) is 29.2 Å². The lowest BCUT2D eigenvalue weighted by Crippen LogP contribution is -2.42. The van der Waals surface area contributed by atoms with E-state index in [1.807, 2.05) is 0 Å². The Balaban J connectivity index is 1.47. The number of rotatable bonds is 5. The average Bonchev–Trinajstić information content (AvgIpc) is 2.79. The van der Waals surface area contributed by atoms with Gasteiger partial charge in [-0.15, -0.1) is 0 Å². The van der Waals surface area contributed by atoms with Gasteiger partial charge in [-0.2, -0.15) is 5.10 Å². The summed E-state index contributed by atoms with van der Waals surface area (Å²) < 4.78 is 17.6. The number of likely N-dealkylation sites (tertiary alicyclic amines) is 1. The molecular formula is C22H22FN3O4. The second-order valence-corrected chi connectivity index (χ2v) is 6.92. The third-order valence-corrected chi connectivity index (χ3v) is 4.96. The van der Waals surface area contributed by atoms with Gasteiger partial charge in [-0.3, -0.25) is 9.59 Å². The maximum absolute atomic E-state index is 13.0. The third kappa shape index (κ3) is 5.28. The van der Waals surface area contributed by atoms with Gasteiger partial charge in [-0.25, -0.2) is 14.6 Å². The minimum Gasteiger partial charge on any atom is -0.465 e. The molecule has 156 valence electrons. The van der Waals surface area contributed by atoms with Crippen molar-refractivity contribution in [3.8, 4) is 0 Å². The number of carbonyl (C=O) groups is 3. The lowest BCUT2D eigenvalue weighted by molar-refractivity contribution is -0.126. The Morgan fingerprint density at radius 3 is 2.23 bits per heavy atom. The van der Waals surface area contributed by atoms with Crippen LogP contribution in [0.4, 0.5) is 4.39 Å². The van der Waals surface area contributed by atoms with Crippen LogP contribution in [-0.4, -0.2) is 49.1 Å². The molecule has 2 aromatic carbocycles. The zero-order valence-electron chi connectivity index (χ0n) is 16.5. The summed E-state index contributed by atoms with van der Waals surface area (Å²) in [4.78, 5) is 37.9. The van der Waals surface area contributed by atoms with Crippen LogP contribution in [0.5, 0.6) is 0 Å². The van der Waals surface area contributed by atoms with Gasteiger partial charge >= 0.3 is 5.97 Å². The van der Waals surface area contributed by atoms with Gasteiger partial charge in [-0.05, 0) is 54.8 Å². The van der Waals surface area contributed by atoms with E-state index in [-0.39, 0.29) is 23.5 Å². The highest BCUT2D eigenvalue weighted by molar-refractivity contribution is 5.94. The van der Waals surface area contributed by atoms with Crippen molar-refractivity contribution in [3.05, 3.63) is 71.0 Å². The molecule has 0 aliphatic carbocycles. The fraction of sp³-hybridized carbons (Fsp3) is 0.273. The van der Waals surface area contributed by atoms with Crippen LogP contribution in [0.15, 0.2) is 53.6 Å². The molecule has 2 amide bonds. The highest BCUT2D eigenvalue weighted by Crippen LogP contribution is 2.19. The van der Waals surface area contributed by atoms with E-state index in [2.05, 4.69) is 15.3 Å². The number of amides is 2. The number of ether oxygens (including phenoxy) is 1. The van der Waals surface area contributed by atoms with Crippen molar-refractivity contribution in [2.45, 2.75) is 12.8 Å². The number of nitrogens with one attached hydrogen (secondary N) is 1. The fourth-order valence-corrected chi connectivity index (χ4v) is 3.20. The third-order valence-electron chi connectivity index (χ3n) is 4.96. The first-order chi connectivity index (χ1) is 14.5. The van der Waals surface area contributed by atoms with Gasteiger partial charge in [0.15, 0.2) is 0 Å². The standard InChI is InChI=1S/C22H22FN3O4/c1-30-22(29)18-4-2-15(3-5-18)14-24-25-20(27)16-10-12-26(13-11-16)21(28)17-6-8-19(23)9-7-17/h2-9,14,16H,10-13H2,1H3,(H,25,27)/b24-14+. The number of piperidine rings is 1. The van der Waals surface area contributed by atoms with Gasteiger partial charge in [0.05, 0.1) is 18.9 Å². The number of hydrogen-bond acceptors (Lipinski definition) is 5. The maximum Gasteiger partial charge on any atom is 0.337 e. The van der Waals surface area contributed by atoms with Crippen LogP contribution in [-0.2, 0) is 9.53 Å². The summed E-state index contributed by atoms with van der Waals surface area (Å²) >= 11 is 0. The fourth-order valence-electron chi connectivity index (χ4n) is 3.20. The summed E-state index contributed by atoms with van der Waals surface area (Å²) in [7, 11) is 1.32. The largest absolute Gasteiger partial charge is 0.465 e. The van der Waals surface area contributed by atoms with E-state index in [9.17, 15) is 18.8 Å². The number of benzene rings is 2. The van der Waals surface area contributed by atoms with Crippen LogP contribution >= 0.6 is 0 Å². The summed E-state index contributed by atoms with van der Waals surface area (Å²) in [6, 6.07) is 12.1. The summed E-state index contributed by atoms with van der Waals surface area (Å²) in [6.45, 7) is 0.903. The van der Waals surface area contributed by atoms with E-state index in [0.29, 0.717) is 37.1 Å². The zero-order valence-corrected chi connectivity index (χ0v) is 16.5. The molecule has 1 N–H and O–H groups in total. The highest BCUT2D eigenvalue weighted by Gasteiger charge is 2.27. The van der Waals surface area contributed by atoms with E-state index < -0.39 is 5.97 Å². The van der Waals surface area contributed by atoms with Crippen LogP contribution < -0.4 is 5.43 Å². The molecule has 8 heteroatoms. The zero-order chi connectivity index (χ0) is 21.5. The lowest BCUT2D eigenvalue weighted by Gasteiger charge is -2.31. The molecule has 1 fully saturated rings. The Kier molecular flexibility index (Phi) is 6.90. The quantitative estimate of drug-likeness (QED) is 0.465. The van der Waals surface area contributed by atoms with Crippen LogP contribution in [0, 0.1) is 11.7 Å². The Bertz CT molecular complexity index is 934. The number of halogens is 1. The predicted octanol–water partition coefficient (Wildman–Crippen LogP) is 2.61. The molecule has 0 radical (unpaired) electrons. The summed E-state index contributed by atoms with van der Waals surface area (Å²) in [5.74, 6) is -1.41. The van der Waals surface area contributed by atoms with Crippen molar-refractivity contribution < 1.29 is 23.5 Å². The minimum atomic E-state index is -0.420. The second kappa shape index (κ2) is 9.78. The SMILES string of the molecule is COC(=O)c1ccc(/C=N/NC(=O)C2CCN(C(=O)c3ccc(F)cc3)CC2)cc1. The maximum atomic E-state index is 13.0. The molecule has 30 heavy (non-hydrogen) atoms. The van der Waals surface area contributed by atoms with Crippen molar-refractivity contribution in [1.82, 2.24) is 10.3 Å². The van der Waals surface area contributed by atoms with E-state index >= 15 is 0 Å².